The van der Waals surface area contributed by atoms with Crippen LogP contribution in [0.3, 0.4) is 0 Å². The molecule has 0 fully saturated rings. The minimum atomic E-state index is -0.371. The van der Waals surface area contributed by atoms with E-state index in [2.05, 4.69) is 39.6 Å². The molecule has 2 rings (SSSR count). The van der Waals surface area contributed by atoms with Crippen LogP contribution in [0.15, 0.2) is 34.1 Å². The summed E-state index contributed by atoms with van der Waals surface area (Å²) in [5.41, 5.74) is 1.03. The van der Waals surface area contributed by atoms with Crippen LogP contribution in [0.25, 0.3) is 0 Å². The SMILES string of the molecule is CCNC(Cc1ccc(F)c(Cl)c1)c1cc(Br)cs1. The van der Waals surface area contributed by atoms with Crippen LogP contribution in [-0.4, -0.2) is 6.54 Å². The van der Waals surface area contributed by atoms with Crippen molar-refractivity contribution in [1.29, 1.82) is 0 Å². The van der Waals surface area contributed by atoms with E-state index in [9.17, 15) is 4.39 Å². The Balaban J connectivity index is 2.18. The molecule has 0 aliphatic rings. The molecule has 1 N–H and O–H groups in total. The fraction of sp³-hybridized carbons (Fsp3) is 0.286. The summed E-state index contributed by atoms with van der Waals surface area (Å²) >= 11 is 11.0. The van der Waals surface area contributed by atoms with E-state index in [4.69, 9.17) is 11.6 Å². The van der Waals surface area contributed by atoms with Crippen molar-refractivity contribution >= 4 is 38.9 Å². The number of thiophene rings is 1. The summed E-state index contributed by atoms with van der Waals surface area (Å²) in [5.74, 6) is -0.371. The van der Waals surface area contributed by atoms with Gasteiger partial charge in [0.1, 0.15) is 5.82 Å². The lowest BCUT2D eigenvalue weighted by atomic mass is 10.0. The van der Waals surface area contributed by atoms with Gasteiger partial charge >= 0.3 is 0 Å². The van der Waals surface area contributed by atoms with Crippen molar-refractivity contribution in [2.24, 2.45) is 0 Å². The van der Waals surface area contributed by atoms with E-state index in [1.807, 2.05) is 0 Å². The van der Waals surface area contributed by atoms with Crippen molar-refractivity contribution in [3.63, 3.8) is 0 Å². The molecule has 1 unspecified atom stereocenters. The van der Waals surface area contributed by atoms with Crippen molar-refractivity contribution < 1.29 is 4.39 Å². The highest BCUT2D eigenvalue weighted by Crippen LogP contribution is 2.28. The Kier molecular flexibility index (Phi) is 5.39. The maximum atomic E-state index is 13.2. The summed E-state index contributed by atoms with van der Waals surface area (Å²) in [4.78, 5) is 1.26. The van der Waals surface area contributed by atoms with Gasteiger partial charge in [-0.1, -0.05) is 24.6 Å². The molecule has 2 aromatic rings. The van der Waals surface area contributed by atoms with Crippen molar-refractivity contribution in [3.05, 3.63) is 55.4 Å². The normalized spacial score (nSPS) is 12.6. The molecule has 0 saturated carbocycles. The molecular formula is C14H14BrClFNS. The molecule has 0 saturated heterocycles. The Morgan fingerprint density at radius 1 is 1.42 bits per heavy atom. The molecule has 1 heterocycles. The Labute approximate surface area is 129 Å². The number of hydrogen-bond acceptors (Lipinski definition) is 2. The molecule has 1 nitrogen and oxygen atoms in total. The van der Waals surface area contributed by atoms with Crippen LogP contribution in [0.1, 0.15) is 23.4 Å². The van der Waals surface area contributed by atoms with Crippen molar-refractivity contribution in [2.45, 2.75) is 19.4 Å². The Morgan fingerprint density at radius 2 is 2.21 bits per heavy atom. The minimum Gasteiger partial charge on any atom is -0.309 e. The molecule has 102 valence electrons. The zero-order valence-electron chi connectivity index (χ0n) is 10.4. The molecule has 0 aliphatic heterocycles. The second-order valence-corrected chi connectivity index (χ2v) is 6.50. The molecule has 0 bridgehead atoms. The second kappa shape index (κ2) is 6.84. The molecule has 1 aromatic carbocycles. The highest BCUT2D eigenvalue weighted by atomic mass is 79.9. The summed E-state index contributed by atoms with van der Waals surface area (Å²) in [6, 6.07) is 7.24. The predicted octanol–water partition coefficient (Wildman–Crippen LogP) is 5.20. The number of nitrogens with one attached hydrogen (secondary N) is 1. The van der Waals surface area contributed by atoms with Crippen LogP contribution in [0, 0.1) is 5.82 Å². The van der Waals surface area contributed by atoms with E-state index < -0.39 is 0 Å². The molecular weight excluding hydrogens is 349 g/mol. The lowest BCUT2D eigenvalue weighted by Crippen LogP contribution is -2.22. The Morgan fingerprint density at radius 3 is 2.79 bits per heavy atom. The lowest BCUT2D eigenvalue weighted by molar-refractivity contribution is 0.557. The smallest absolute Gasteiger partial charge is 0.141 e. The highest BCUT2D eigenvalue weighted by molar-refractivity contribution is 9.10. The highest BCUT2D eigenvalue weighted by Gasteiger charge is 2.14. The number of rotatable bonds is 5. The van der Waals surface area contributed by atoms with E-state index >= 15 is 0 Å². The van der Waals surface area contributed by atoms with Gasteiger partial charge in [-0.25, -0.2) is 4.39 Å². The van der Waals surface area contributed by atoms with Crippen molar-refractivity contribution in [3.8, 4) is 0 Å². The summed E-state index contributed by atoms with van der Waals surface area (Å²) in [7, 11) is 0. The van der Waals surface area contributed by atoms with Crippen LogP contribution < -0.4 is 5.32 Å². The molecule has 0 amide bonds. The number of hydrogen-bond donors (Lipinski definition) is 1. The van der Waals surface area contributed by atoms with Gasteiger partial charge in [0, 0.05) is 20.8 Å². The van der Waals surface area contributed by atoms with E-state index in [-0.39, 0.29) is 16.9 Å². The molecule has 0 spiro atoms. The summed E-state index contributed by atoms with van der Waals surface area (Å²) < 4.78 is 14.2. The summed E-state index contributed by atoms with van der Waals surface area (Å²) in [6.07, 6.45) is 0.792. The first-order valence-electron chi connectivity index (χ1n) is 6.01. The van der Waals surface area contributed by atoms with Gasteiger partial charge in [0.2, 0.25) is 0 Å². The van der Waals surface area contributed by atoms with Gasteiger partial charge < -0.3 is 5.32 Å². The van der Waals surface area contributed by atoms with Crippen LogP contribution in [0.4, 0.5) is 4.39 Å². The average molecular weight is 363 g/mol. The topological polar surface area (TPSA) is 12.0 Å². The molecule has 0 aliphatic carbocycles. The number of halogens is 3. The third-order valence-electron chi connectivity index (χ3n) is 2.81. The molecule has 1 aromatic heterocycles. The third kappa shape index (κ3) is 4.02. The summed E-state index contributed by atoms with van der Waals surface area (Å²) in [5, 5.41) is 5.69. The van der Waals surface area contributed by atoms with E-state index in [0.29, 0.717) is 0 Å². The van der Waals surface area contributed by atoms with Gasteiger partial charge in [-0.15, -0.1) is 11.3 Å². The maximum absolute atomic E-state index is 13.2. The van der Waals surface area contributed by atoms with E-state index in [1.54, 1.807) is 23.5 Å². The van der Waals surface area contributed by atoms with Gasteiger partial charge in [0.05, 0.1) is 5.02 Å². The van der Waals surface area contributed by atoms with E-state index in [1.165, 1.54) is 10.9 Å². The standard InChI is InChI=1S/C14H14BrClFNS/c1-2-18-13(14-7-10(15)8-19-14)6-9-3-4-12(17)11(16)5-9/h3-5,7-8,13,18H,2,6H2,1H3. The quantitative estimate of drug-likeness (QED) is 0.771. The van der Waals surface area contributed by atoms with E-state index in [0.717, 1.165) is 23.0 Å². The first kappa shape index (κ1) is 15.0. The van der Waals surface area contributed by atoms with Crippen LogP contribution in [-0.2, 0) is 6.42 Å². The lowest BCUT2D eigenvalue weighted by Gasteiger charge is -2.16. The molecule has 19 heavy (non-hydrogen) atoms. The fourth-order valence-electron chi connectivity index (χ4n) is 1.93. The average Bonchev–Trinajstić information content (AvgIpc) is 2.80. The van der Waals surface area contributed by atoms with Gasteiger partial charge in [0.25, 0.3) is 0 Å². The van der Waals surface area contributed by atoms with Crippen LogP contribution in [0.2, 0.25) is 5.02 Å². The minimum absolute atomic E-state index is 0.181. The van der Waals surface area contributed by atoms with Crippen LogP contribution >= 0.6 is 38.9 Å². The molecule has 0 radical (unpaired) electrons. The number of benzene rings is 1. The predicted molar refractivity (Wildman–Crippen MR) is 83.6 cm³/mol. The molecule has 1 atom stereocenters. The van der Waals surface area contributed by atoms with Gasteiger partial charge in [0.15, 0.2) is 0 Å². The van der Waals surface area contributed by atoms with Gasteiger partial charge in [-0.05, 0) is 52.7 Å². The zero-order chi connectivity index (χ0) is 13.8. The number of likely N-dealkylation sites (N-methyl/N-ethyl adjacent to an activating group) is 1. The Bertz CT molecular complexity index is 558. The third-order valence-corrected chi connectivity index (χ3v) is 4.90. The van der Waals surface area contributed by atoms with Gasteiger partial charge in [-0.2, -0.15) is 0 Å². The largest absolute Gasteiger partial charge is 0.309 e. The first-order valence-corrected chi connectivity index (χ1v) is 8.06. The van der Waals surface area contributed by atoms with Crippen molar-refractivity contribution in [1.82, 2.24) is 5.32 Å². The summed E-state index contributed by atoms with van der Waals surface area (Å²) in [6.45, 7) is 2.96. The molecule has 5 heteroatoms. The van der Waals surface area contributed by atoms with Crippen molar-refractivity contribution in [2.75, 3.05) is 6.54 Å². The Hall–Kier alpha value is -0.420. The fourth-order valence-corrected chi connectivity index (χ4v) is 3.66. The zero-order valence-corrected chi connectivity index (χ0v) is 13.6. The monoisotopic (exact) mass is 361 g/mol. The van der Waals surface area contributed by atoms with Crippen LogP contribution in [0.5, 0.6) is 0 Å². The first-order chi connectivity index (χ1) is 9.10. The second-order valence-electron chi connectivity index (χ2n) is 4.23. The van der Waals surface area contributed by atoms with Gasteiger partial charge in [-0.3, -0.25) is 0 Å². The maximum Gasteiger partial charge on any atom is 0.141 e.